The predicted molar refractivity (Wildman–Crippen MR) is 84.9 cm³/mol. The molecule has 20 heavy (non-hydrogen) atoms. The summed E-state index contributed by atoms with van der Waals surface area (Å²) in [6.07, 6.45) is 0. The van der Waals surface area contributed by atoms with Crippen LogP contribution in [0.4, 0.5) is 5.69 Å². The summed E-state index contributed by atoms with van der Waals surface area (Å²) >= 11 is 12.5. The van der Waals surface area contributed by atoms with Crippen LogP contribution in [0.1, 0.15) is 0 Å². The van der Waals surface area contributed by atoms with Gasteiger partial charge in [0.25, 0.3) is 0 Å². The summed E-state index contributed by atoms with van der Waals surface area (Å²) in [4.78, 5) is 0. The Morgan fingerprint density at radius 2 is 1.60 bits per heavy atom. The number of hydrogen-bond donors (Lipinski definition) is 1. The lowest BCUT2D eigenvalue weighted by atomic mass is 10.1. The van der Waals surface area contributed by atoms with Crippen LogP contribution in [0.3, 0.4) is 0 Å². The molecule has 3 rings (SSSR count). The van der Waals surface area contributed by atoms with Crippen molar-refractivity contribution in [3.8, 4) is 11.5 Å². The van der Waals surface area contributed by atoms with Crippen molar-refractivity contribution in [2.45, 2.75) is 0 Å². The fraction of sp³-hybridized carbons (Fsp3) is 0. The van der Waals surface area contributed by atoms with Gasteiger partial charge in [-0.2, -0.15) is 0 Å². The molecule has 0 bridgehead atoms. The van der Waals surface area contributed by atoms with Gasteiger partial charge in [-0.3, -0.25) is 0 Å². The third-order valence-corrected chi connectivity index (χ3v) is 3.69. The van der Waals surface area contributed by atoms with E-state index >= 15 is 0 Å². The first kappa shape index (κ1) is 13.1. The number of halogens is 2. The maximum absolute atomic E-state index is 6.38. The van der Waals surface area contributed by atoms with Gasteiger partial charge in [-0.15, -0.1) is 0 Å². The predicted octanol–water partition coefficient (Wildman–Crippen LogP) is 5.52. The molecule has 2 N–H and O–H groups in total. The van der Waals surface area contributed by atoms with E-state index in [2.05, 4.69) is 0 Å². The summed E-state index contributed by atoms with van der Waals surface area (Å²) in [7, 11) is 0. The van der Waals surface area contributed by atoms with Crippen molar-refractivity contribution in [2.24, 2.45) is 0 Å². The first-order chi connectivity index (χ1) is 9.65. The minimum Gasteiger partial charge on any atom is -0.454 e. The van der Waals surface area contributed by atoms with Gasteiger partial charge in [0.2, 0.25) is 0 Å². The first-order valence-electron chi connectivity index (χ1n) is 6.05. The number of nitrogens with two attached hydrogens (primary N) is 1. The Kier molecular flexibility index (Phi) is 3.43. The monoisotopic (exact) mass is 303 g/mol. The smallest absolute Gasteiger partial charge is 0.146 e. The minimum absolute atomic E-state index is 0.453. The van der Waals surface area contributed by atoms with Gasteiger partial charge >= 0.3 is 0 Å². The molecular formula is C16H11Cl2NO. The Labute approximate surface area is 126 Å². The number of benzene rings is 3. The van der Waals surface area contributed by atoms with Crippen molar-refractivity contribution in [3.63, 3.8) is 0 Å². The third-order valence-electron chi connectivity index (χ3n) is 3.00. The fourth-order valence-electron chi connectivity index (χ4n) is 2.01. The molecule has 2 nitrogen and oxygen atoms in total. The molecule has 100 valence electrons. The maximum Gasteiger partial charge on any atom is 0.146 e. The topological polar surface area (TPSA) is 35.2 Å². The lowest BCUT2D eigenvalue weighted by molar-refractivity contribution is 0.484. The van der Waals surface area contributed by atoms with Crippen LogP contribution in [0.5, 0.6) is 11.5 Å². The normalized spacial score (nSPS) is 10.7. The molecule has 4 heteroatoms. The highest BCUT2D eigenvalue weighted by Gasteiger charge is 2.09. The zero-order valence-electron chi connectivity index (χ0n) is 10.4. The SMILES string of the molecule is Nc1ccc(Oc2ccc3ccccc3c2Cl)c(Cl)c1. The highest BCUT2D eigenvalue weighted by molar-refractivity contribution is 6.37. The van der Waals surface area contributed by atoms with Gasteiger partial charge in [-0.1, -0.05) is 53.5 Å². The maximum atomic E-state index is 6.38. The average Bonchev–Trinajstić information content (AvgIpc) is 2.45. The second-order valence-electron chi connectivity index (χ2n) is 4.39. The summed E-state index contributed by atoms with van der Waals surface area (Å²) in [6.45, 7) is 0. The van der Waals surface area contributed by atoms with Crippen molar-refractivity contribution >= 4 is 39.7 Å². The molecule has 0 radical (unpaired) electrons. The molecule has 0 heterocycles. The van der Waals surface area contributed by atoms with Gasteiger partial charge in [-0.25, -0.2) is 0 Å². The van der Waals surface area contributed by atoms with Crippen LogP contribution in [0.25, 0.3) is 10.8 Å². The van der Waals surface area contributed by atoms with E-state index in [1.807, 2.05) is 36.4 Å². The van der Waals surface area contributed by atoms with Gasteiger partial charge in [0, 0.05) is 11.1 Å². The lowest BCUT2D eigenvalue weighted by Crippen LogP contribution is -1.89. The molecule has 0 saturated heterocycles. The van der Waals surface area contributed by atoms with Crippen LogP contribution in [0.2, 0.25) is 10.0 Å². The Morgan fingerprint density at radius 3 is 2.40 bits per heavy atom. The third kappa shape index (κ3) is 2.40. The zero-order valence-corrected chi connectivity index (χ0v) is 11.9. The molecule has 3 aromatic rings. The van der Waals surface area contributed by atoms with Crippen molar-refractivity contribution < 1.29 is 4.74 Å². The second kappa shape index (κ2) is 5.23. The molecule has 0 aromatic heterocycles. The van der Waals surface area contributed by atoms with Gasteiger partial charge in [0.05, 0.1) is 10.0 Å². The van der Waals surface area contributed by atoms with E-state index in [0.29, 0.717) is 27.2 Å². The van der Waals surface area contributed by atoms with Gasteiger partial charge in [0.1, 0.15) is 11.5 Å². The van der Waals surface area contributed by atoms with Crippen molar-refractivity contribution in [1.29, 1.82) is 0 Å². The molecule has 0 atom stereocenters. The van der Waals surface area contributed by atoms with Crippen molar-refractivity contribution in [3.05, 3.63) is 64.6 Å². The number of hydrogen-bond acceptors (Lipinski definition) is 2. The van der Waals surface area contributed by atoms with Crippen LogP contribution in [-0.4, -0.2) is 0 Å². The van der Waals surface area contributed by atoms with E-state index in [1.54, 1.807) is 18.2 Å². The highest BCUT2D eigenvalue weighted by Crippen LogP contribution is 2.38. The molecule has 0 aliphatic carbocycles. The quantitative estimate of drug-likeness (QED) is 0.632. The number of fused-ring (bicyclic) bond motifs is 1. The number of rotatable bonds is 2. The molecule has 0 amide bonds. The molecular weight excluding hydrogens is 293 g/mol. The van der Waals surface area contributed by atoms with E-state index in [-0.39, 0.29) is 0 Å². The standard InChI is InChI=1S/C16H11Cl2NO/c17-13-9-11(19)6-8-14(13)20-15-7-5-10-3-1-2-4-12(10)16(15)18/h1-9H,19H2. The van der Waals surface area contributed by atoms with E-state index in [0.717, 1.165) is 10.8 Å². The number of nitrogen functional groups attached to an aromatic ring is 1. The van der Waals surface area contributed by atoms with Crippen LogP contribution in [0, 0.1) is 0 Å². The van der Waals surface area contributed by atoms with E-state index in [9.17, 15) is 0 Å². The largest absolute Gasteiger partial charge is 0.454 e. The van der Waals surface area contributed by atoms with Crippen LogP contribution < -0.4 is 10.5 Å². The number of ether oxygens (including phenoxy) is 1. The summed E-state index contributed by atoms with van der Waals surface area (Å²) in [5, 5.41) is 3.02. The lowest BCUT2D eigenvalue weighted by Gasteiger charge is -2.11. The number of anilines is 1. The highest BCUT2D eigenvalue weighted by atomic mass is 35.5. The molecule has 0 saturated carbocycles. The Hall–Kier alpha value is -1.90. The van der Waals surface area contributed by atoms with Gasteiger partial charge in [-0.05, 0) is 29.7 Å². The van der Waals surface area contributed by atoms with E-state index in [4.69, 9.17) is 33.7 Å². The Balaban J connectivity index is 2.04. The fourth-order valence-corrected chi connectivity index (χ4v) is 2.51. The summed E-state index contributed by atoms with van der Waals surface area (Å²) in [5.41, 5.74) is 6.25. The summed E-state index contributed by atoms with van der Waals surface area (Å²) < 4.78 is 5.78. The van der Waals surface area contributed by atoms with Crippen LogP contribution >= 0.6 is 23.2 Å². The Morgan fingerprint density at radius 1 is 0.850 bits per heavy atom. The van der Waals surface area contributed by atoms with Gasteiger partial charge in [0.15, 0.2) is 0 Å². The first-order valence-corrected chi connectivity index (χ1v) is 6.81. The van der Waals surface area contributed by atoms with Gasteiger partial charge < -0.3 is 10.5 Å². The van der Waals surface area contributed by atoms with Crippen LogP contribution in [-0.2, 0) is 0 Å². The zero-order chi connectivity index (χ0) is 14.1. The van der Waals surface area contributed by atoms with E-state index in [1.165, 1.54) is 0 Å². The molecule has 0 aliphatic rings. The van der Waals surface area contributed by atoms with Crippen molar-refractivity contribution in [2.75, 3.05) is 5.73 Å². The molecule has 0 aliphatic heterocycles. The molecule has 0 unspecified atom stereocenters. The summed E-state index contributed by atoms with van der Waals surface area (Å²) in [6, 6.07) is 16.8. The summed E-state index contributed by atoms with van der Waals surface area (Å²) in [5.74, 6) is 1.09. The van der Waals surface area contributed by atoms with Crippen molar-refractivity contribution in [1.82, 2.24) is 0 Å². The molecule has 0 fully saturated rings. The minimum atomic E-state index is 0.453. The van der Waals surface area contributed by atoms with Crippen LogP contribution in [0.15, 0.2) is 54.6 Å². The average molecular weight is 304 g/mol. The Bertz CT molecular complexity index is 787. The van der Waals surface area contributed by atoms with E-state index < -0.39 is 0 Å². The second-order valence-corrected chi connectivity index (χ2v) is 5.18. The molecule has 0 spiro atoms. The molecule has 3 aromatic carbocycles.